The molecule has 1 aromatic carbocycles. The van der Waals surface area contributed by atoms with Gasteiger partial charge in [-0.2, -0.15) is 0 Å². The summed E-state index contributed by atoms with van der Waals surface area (Å²) in [6, 6.07) is 9.27. The minimum atomic E-state index is -0.00755. The molecule has 3 heterocycles. The smallest absolute Gasteiger partial charge is 0.254 e. The lowest BCUT2D eigenvalue weighted by Crippen LogP contribution is -2.34. The molecule has 0 atom stereocenters. The number of H-pyrrole nitrogens is 1. The molecule has 0 spiro atoms. The van der Waals surface area contributed by atoms with Crippen molar-refractivity contribution in [3.63, 3.8) is 0 Å². The summed E-state index contributed by atoms with van der Waals surface area (Å²) in [5.41, 5.74) is 3.89. The van der Waals surface area contributed by atoms with Crippen molar-refractivity contribution in [2.24, 2.45) is 0 Å². The topological polar surface area (TPSA) is 67.5 Å². The van der Waals surface area contributed by atoms with Gasteiger partial charge in [0.05, 0.1) is 14.2 Å². The lowest BCUT2D eigenvalue weighted by molar-refractivity contribution is 0.0772. The average molecular weight is 363 g/mol. The number of benzene rings is 1. The van der Waals surface area contributed by atoms with Gasteiger partial charge in [-0.25, -0.2) is 4.98 Å². The average Bonchev–Trinajstić information content (AvgIpc) is 3.17. The van der Waals surface area contributed by atoms with Crippen LogP contribution in [0, 0.1) is 0 Å². The van der Waals surface area contributed by atoms with Gasteiger partial charge in [-0.15, -0.1) is 0 Å². The van der Waals surface area contributed by atoms with E-state index in [0.29, 0.717) is 30.2 Å². The van der Waals surface area contributed by atoms with Gasteiger partial charge in [0.25, 0.3) is 5.91 Å². The summed E-state index contributed by atoms with van der Waals surface area (Å²) < 4.78 is 10.5. The number of amides is 1. The second-order valence-corrected chi connectivity index (χ2v) is 6.40. The van der Waals surface area contributed by atoms with E-state index in [1.165, 1.54) is 5.57 Å². The Morgan fingerprint density at radius 2 is 2.04 bits per heavy atom. The number of fused-ring (bicyclic) bond motifs is 1. The van der Waals surface area contributed by atoms with E-state index < -0.39 is 0 Å². The molecule has 0 saturated carbocycles. The van der Waals surface area contributed by atoms with Crippen LogP contribution in [0.4, 0.5) is 0 Å². The van der Waals surface area contributed by atoms with Gasteiger partial charge in [0.15, 0.2) is 11.5 Å². The van der Waals surface area contributed by atoms with Gasteiger partial charge >= 0.3 is 0 Å². The van der Waals surface area contributed by atoms with Crippen molar-refractivity contribution in [2.45, 2.75) is 6.42 Å². The van der Waals surface area contributed by atoms with Crippen LogP contribution in [-0.2, 0) is 0 Å². The molecule has 1 N–H and O–H groups in total. The molecule has 6 nitrogen and oxygen atoms in total. The number of nitrogens with one attached hydrogen (secondary N) is 1. The maximum atomic E-state index is 12.9. The summed E-state index contributed by atoms with van der Waals surface area (Å²) in [4.78, 5) is 22.3. The summed E-state index contributed by atoms with van der Waals surface area (Å²) in [7, 11) is 3.15. The number of hydrogen-bond donors (Lipinski definition) is 1. The van der Waals surface area contributed by atoms with Gasteiger partial charge in [0.1, 0.15) is 5.65 Å². The van der Waals surface area contributed by atoms with Crippen LogP contribution >= 0.6 is 0 Å². The molecule has 0 saturated heterocycles. The first-order valence-electron chi connectivity index (χ1n) is 8.84. The van der Waals surface area contributed by atoms with Crippen LogP contribution in [0.1, 0.15) is 22.3 Å². The van der Waals surface area contributed by atoms with Crippen LogP contribution in [0.15, 0.2) is 48.8 Å². The molecule has 0 unspecified atom stereocenters. The Morgan fingerprint density at radius 3 is 2.78 bits per heavy atom. The molecule has 0 fully saturated rings. The van der Waals surface area contributed by atoms with Crippen molar-refractivity contribution in [3.05, 3.63) is 59.9 Å². The molecule has 1 amide bonds. The molecule has 138 valence electrons. The van der Waals surface area contributed by atoms with Crippen molar-refractivity contribution < 1.29 is 14.3 Å². The lowest BCUT2D eigenvalue weighted by Gasteiger charge is -2.27. The lowest BCUT2D eigenvalue weighted by atomic mass is 9.99. The Labute approximate surface area is 157 Å². The third-order valence-electron chi connectivity index (χ3n) is 4.92. The molecule has 2 aromatic heterocycles. The van der Waals surface area contributed by atoms with Gasteiger partial charge < -0.3 is 19.4 Å². The zero-order valence-electron chi connectivity index (χ0n) is 15.4. The number of rotatable bonds is 4. The molecule has 27 heavy (non-hydrogen) atoms. The Balaban J connectivity index is 1.54. The zero-order valence-corrected chi connectivity index (χ0v) is 15.4. The maximum absolute atomic E-state index is 12.9. The van der Waals surface area contributed by atoms with E-state index in [1.807, 2.05) is 17.2 Å². The summed E-state index contributed by atoms with van der Waals surface area (Å²) in [5.74, 6) is 1.16. The van der Waals surface area contributed by atoms with Crippen molar-refractivity contribution >= 4 is 22.5 Å². The van der Waals surface area contributed by atoms with Crippen LogP contribution in [0.2, 0.25) is 0 Å². The zero-order chi connectivity index (χ0) is 18.8. The van der Waals surface area contributed by atoms with E-state index in [-0.39, 0.29) is 5.91 Å². The molecule has 1 aliphatic heterocycles. The summed E-state index contributed by atoms with van der Waals surface area (Å²) in [5, 5.41) is 1.11. The van der Waals surface area contributed by atoms with Gasteiger partial charge in [0.2, 0.25) is 0 Å². The van der Waals surface area contributed by atoms with E-state index in [0.717, 1.165) is 23.0 Å². The van der Waals surface area contributed by atoms with Crippen LogP contribution in [-0.4, -0.2) is 48.1 Å². The van der Waals surface area contributed by atoms with Gasteiger partial charge in [-0.05, 0) is 42.3 Å². The Kier molecular flexibility index (Phi) is 4.54. The second kappa shape index (κ2) is 7.15. The van der Waals surface area contributed by atoms with Crippen LogP contribution in [0.5, 0.6) is 11.5 Å². The monoisotopic (exact) mass is 363 g/mol. The third kappa shape index (κ3) is 3.14. The van der Waals surface area contributed by atoms with Crippen LogP contribution in [0.3, 0.4) is 0 Å². The summed E-state index contributed by atoms with van der Waals surface area (Å²) in [6.45, 7) is 1.25. The van der Waals surface area contributed by atoms with Gasteiger partial charge in [0, 0.05) is 42.0 Å². The molecule has 0 radical (unpaired) electrons. The third-order valence-corrected chi connectivity index (χ3v) is 4.92. The molecule has 6 heteroatoms. The van der Waals surface area contributed by atoms with Crippen LogP contribution < -0.4 is 9.47 Å². The standard InChI is InChI=1S/C21H21N3O3/c1-26-18-6-5-15(12-19(18)27-2)21(25)24-10-7-14(8-11-24)17-13-23-20-16(17)4-3-9-22-20/h3-7,9,12-13H,8,10-11H2,1-2H3,(H,22,23). The molecular formula is C21H21N3O3. The first-order chi connectivity index (χ1) is 13.2. The summed E-state index contributed by atoms with van der Waals surface area (Å²) >= 11 is 0. The Hall–Kier alpha value is -3.28. The normalized spacial score (nSPS) is 14.1. The fraction of sp³-hybridized carbons (Fsp3) is 0.238. The maximum Gasteiger partial charge on any atom is 0.254 e. The van der Waals surface area contributed by atoms with E-state index in [4.69, 9.17) is 9.47 Å². The van der Waals surface area contributed by atoms with Crippen molar-refractivity contribution in [3.8, 4) is 11.5 Å². The number of aromatic nitrogens is 2. The fourth-order valence-electron chi connectivity index (χ4n) is 3.47. The minimum Gasteiger partial charge on any atom is -0.493 e. The van der Waals surface area contributed by atoms with Crippen molar-refractivity contribution in [1.82, 2.24) is 14.9 Å². The highest BCUT2D eigenvalue weighted by Gasteiger charge is 2.21. The SMILES string of the molecule is COc1ccc(C(=O)N2CC=C(c3c[nH]c4ncccc34)CC2)cc1OC. The van der Waals surface area contributed by atoms with E-state index in [9.17, 15) is 4.79 Å². The van der Waals surface area contributed by atoms with Gasteiger partial charge in [-0.3, -0.25) is 4.79 Å². The first kappa shape index (κ1) is 17.1. The largest absolute Gasteiger partial charge is 0.493 e. The van der Waals surface area contributed by atoms with Crippen molar-refractivity contribution in [2.75, 3.05) is 27.3 Å². The van der Waals surface area contributed by atoms with Crippen LogP contribution in [0.25, 0.3) is 16.6 Å². The number of methoxy groups -OCH3 is 2. The highest BCUT2D eigenvalue weighted by molar-refractivity contribution is 5.96. The molecule has 3 aromatic rings. The number of nitrogens with zero attached hydrogens (tertiary/aromatic N) is 2. The Morgan fingerprint density at radius 1 is 1.19 bits per heavy atom. The fourth-order valence-corrected chi connectivity index (χ4v) is 3.47. The highest BCUT2D eigenvalue weighted by Crippen LogP contribution is 2.30. The highest BCUT2D eigenvalue weighted by atomic mass is 16.5. The predicted octanol–water partition coefficient (Wildman–Crippen LogP) is 3.51. The molecule has 0 aliphatic carbocycles. The Bertz CT molecular complexity index is 1020. The molecule has 1 aliphatic rings. The second-order valence-electron chi connectivity index (χ2n) is 6.40. The predicted molar refractivity (Wildman–Crippen MR) is 104 cm³/mol. The number of aromatic amines is 1. The van der Waals surface area contributed by atoms with Gasteiger partial charge in [-0.1, -0.05) is 6.08 Å². The number of hydrogen-bond acceptors (Lipinski definition) is 4. The molecule has 0 bridgehead atoms. The first-order valence-corrected chi connectivity index (χ1v) is 8.84. The number of carbonyl (C=O) groups is 1. The molecule has 4 rings (SSSR count). The molecular weight excluding hydrogens is 342 g/mol. The summed E-state index contributed by atoms with van der Waals surface area (Å²) in [6.07, 6.45) is 6.70. The van der Waals surface area contributed by atoms with E-state index in [2.05, 4.69) is 22.1 Å². The quantitative estimate of drug-likeness (QED) is 0.770. The number of pyridine rings is 1. The minimum absolute atomic E-state index is 0.00755. The number of carbonyl (C=O) groups excluding carboxylic acids is 1. The number of ether oxygens (including phenoxy) is 2. The van der Waals surface area contributed by atoms with E-state index in [1.54, 1.807) is 38.6 Å². The van der Waals surface area contributed by atoms with Crippen molar-refractivity contribution in [1.29, 1.82) is 0 Å². The van der Waals surface area contributed by atoms with E-state index >= 15 is 0 Å².